The van der Waals surface area contributed by atoms with Crippen molar-refractivity contribution in [1.29, 1.82) is 0 Å². The summed E-state index contributed by atoms with van der Waals surface area (Å²) in [5.74, 6) is 2.08. The molecule has 0 N–H and O–H groups in total. The first kappa shape index (κ1) is 20.7. The van der Waals surface area contributed by atoms with E-state index in [1.807, 2.05) is 17.0 Å². The quantitative estimate of drug-likeness (QED) is 0.690. The van der Waals surface area contributed by atoms with Gasteiger partial charge in [0, 0.05) is 38.8 Å². The van der Waals surface area contributed by atoms with Gasteiger partial charge in [0.25, 0.3) is 5.91 Å². The minimum absolute atomic E-state index is 0.0519. The molecule has 0 radical (unpaired) electrons. The van der Waals surface area contributed by atoms with Crippen molar-refractivity contribution >= 4 is 5.91 Å². The summed E-state index contributed by atoms with van der Waals surface area (Å²) >= 11 is 0. The summed E-state index contributed by atoms with van der Waals surface area (Å²) in [6, 6.07) is 6.36. The second kappa shape index (κ2) is 9.06. The SMILES string of the molecule is CCC(C)N(Cc1ccc2c(c1)OCO2)Cc1nc(C(=O)N2CCN(C)CC2)co1. The highest BCUT2D eigenvalue weighted by molar-refractivity contribution is 5.92. The smallest absolute Gasteiger partial charge is 0.275 e. The van der Waals surface area contributed by atoms with E-state index in [1.54, 1.807) is 0 Å². The van der Waals surface area contributed by atoms with E-state index < -0.39 is 0 Å². The van der Waals surface area contributed by atoms with Crippen molar-refractivity contribution in [1.82, 2.24) is 19.7 Å². The predicted octanol–water partition coefficient (Wildman–Crippen LogP) is 2.59. The van der Waals surface area contributed by atoms with E-state index in [2.05, 4.69) is 41.7 Å². The van der Waals surface area contributed by atoms with Crippen LogP contribution in [-0.2, 0) is 13.1 Å². The van der Waals surface area contributed by atoms with Crippen LogP contribution in [0.25, 0.3) is 0 Å². The van der Waals surface area contributed by atoms with Crippen LogP contribution in [0.2, 0.25) is 0 Å². The number of amides is 1. The van der Waals surface area contributed by atoms with Crippen LogP contribution in [0, 0.1) is 0 Å². The summed E-state index contributed by atoms with van der Waals surface area (Å²) in [5, 5.41) is 0. The fourth-order valence-corrected chi connectivity index (χ4v) is 3.73. The first-order valence-corrected chi connectivity index (χ1v) is 10.6. The molecule has 8 nitrogen and oxygen atoms in total. The molecular weight excluding hydrogens is 384 g/mol. The maximum atomic E-state index is 12.7. The molecule has 4 rings (SSSR count). The molecule has 1 aromatic carbocycles. The molecule has 1 unspecified atom stereocenters. The number of oxazole rings is 1. The molecule has 0 bridgehead atoms. The zero-order valence-electron chi connectivity index (χ0n) is 18.0. The molecule has 0 saturated carbocycles. The zero-order chi connectivity index (χ0) is 21.1. The fourth-order valence-electron chi connectivity index (χ4n) is 3.73. The molecule has 2 aromatic rings. The number of hydrogen-bond acceptors (Lipinski definition) is 7. The van der Waals surface area contributed by atoms with E-state index in [9.17, 15) is 4.79 Å². The van der Waals surface area contributed by atoms with Crippen LogP contribution in [0.4, 0.5) is 0 Å². The molecule has 2 aliphatic rings. The number of rotatable bonds is 7. The molecule has 30 heavy (non-hydrogen) atoms. The maximum Gasteiger partial charge on any atom is 0.275 e. The van der Waals surface area contributed by atoms with Crippen LogP contribution in [0.3, 0.4) is 0 Å². The summed E-state index contributed by atoms with van der Waals surface area (Å²) in [6.45, 7) is 9.10. The van der Waals surface area contributed by atoms with Crippen LogP contribution in [0.5, 0.6) is 11.5 Å². The maximum absolute atomic E-state index is 12.7. The van der Waals surface area contributed by atoms with Crippen LogP contribution in [0.15, 0.2) is 28.9 Å². The Kier molecular flexibility index (Phi) is 6.24. The molecule has 1 aromatic heterocycles. The fraction of sp³-hybridized carbons (Fsp3) is 0.545. The van der Waals surface area contributed by atoms with Crippen molar-refractivity contribution in [3.8, 4) is 11.5 Å². The molecule has 1 atom stereocenters. The normalized spacial score (nSPS) is 17.5. The van der Waals surface area contributed by atoms with E-state index >= 15 is 0 Å². The van der Waals surface area contributed by atoms with Gasteiger partial charge in [0.1, 0.15) is 6.26 Å². The molecule has 162 valence electrons. The van der Waals surface area contributed by atoms with Gasteiger partial charge in [-0.3, -0.25) is 9.69 Å². The predicted molar refractivity (Wildman–Crippen MR) is 111 cm³/mol. The third-order valence-corrected chi connectivity index (χ3v) is 5.94. The lowest BCUT2D eigenvalue weighted by Gasteiger charge is -2.31. The second-order valence-corrected chi connectivity index (χ2v) is 8.07. The van der Waals surface area contributed by atoms with Crippen molar-refractivity contribution in [2.24, 2.45) is 0 Å². The van der Waals surface area contributed by atoms with E-state index in [1.165, 1.54) is 6.26 Å². The Morgan fingerprint density at radius 1 is 1.17 bits per heavy atom. The zero-order valence-corrected chi connectivity index (χ0v) is 18.0. The lowest BCUT2D eigenvalue weighted by molar-refractivity contribution is 0.0658. The number of hydrogen-bond donors (Lipinski definition) is 0. The Morgan fingerprint density at radius 3 is 2.70 bits per heavy atom. The van der Waals surface area contributed by atoms with Gasteiger partial charge in [-0.25, -0.2) is 4.98 Å². The Morgan fingerprint density at radius 2 is 1.93 bits per heavy atom. The summed E-state index contributed by atoms with van der Waals surface area (Å²) in [4.78, 5) is 23.6. The number of carbonyl (C=O) groups excluding carboxylic acids is 1. The van der Waals surface area contributed by atoms with Crippen LogP contribution in [-0.4, -0.2) is 71.7 Å². The van der Waals surface area contributed by atoms with Crippen molar-refractivity contribution in [3.63, 3.8) is 0 Å². The number of aromatic nitrogens is 1. The topological polar surface area (TPSA) is 71.3 Å². The molecule has 8 heteroatoms. The van der Waals surface area contributed by atoms with Crippen LogP contribution >= 0.6 is 0 Å². The largest absolute Gasteiger partial charge is 0.454 e. The number of ether oxygens (including phenoxy) is 2. The molecule has 1 amide bonds. The van der Waals surface area contributed by atoms with Gasteiger partial charge in [-0.05, 0) is 38.1 Å². The Labute approximate surface area is 177 Å². The lowest BCUT2D eigenvalue weighted by atomic mass is 10.1. The van der Waals surface area contributed by atoms with Gasteiger partial charge >= 0.3 is 0 Å². The lowest BCUT2D eigenvalue weighted by Crippen LogP contribution is -2.47. The van der Waals surface area contributed by atoms with E-state index in [0.717, 1.165) is 56.2 Å². The van der Waals surface area contributed by atoms with Gasteiger partial charge in [-0.2, -0.15) is 0 Å². The minimum Gasteiger partial charge on any atom is -0.454 e. The monoisotopic (exact) mass is 414 g/mol. The highest BCUT2D eigenvalue weighted by Crippen LogP contribution is 2.33. The van der Waals surface area contributed by atoms with E-state index in [4.69, 9.17) is 13.9 Å². The van der Waals surface area contributed by atoms with Crippen LogP contribution < -0.4 is 9.47 Å². The molecule has 1 fully saturated rings. The van der Waals surface area contributed by atoms with Crippen LogP contribution in [0.1, 0.15) is 42.2 Å². The average Bonchev–Trinajstić information content (AvgIpc) is 3.42. The highest BCUT2D eigenvalue weighted by Gasteiger charge is 2.24. The van der Waals surface area contributed by atoms with Gasteiger partial charge in [-0.1, -0.05) is 13.0 Å². The Balaban J connectivity index is 1.43. The van der Waals surface area contributed by atoms with Gasteiger partial charge in [0.05, 0.1) is 6.54 Å². The van der Waals surface area contributed by atoms with Crippen molar-refractivity contribution in [2.45, 2.75) is 39.4 Å². The number of likely N-dealkylation sites (N-methyl/N-ethyl adjacent to an activating group) is 1. The second-order valence-electron chi connectivity index (χ2n) is 8.07. The van der Waals surface area contributed by atoms with Gasteiger partial charge in [0.2, 0.25) is 12.7 Å². The summed E-state index contributed by atoms with van der Waals surface area (Å²) in [5.41, 5.74) is 1.53. The van der Waals surface area contributed by atoms with E-state index in [-0.39, 0.29) is 12.7 Å². The molecule has 1 saturated heterocycles. The minimum atomic E-state index is -0.0519. The third-order valence-electron chi connectivity index (χ3n) is 5.94. The first-order chi connectivity index (χ1) is 14.5. The molecule has 0 aliphatic carbocycles. The Bertz CT molecular complexity index is 876. The highest BCUT2D eigenvalue weighted by atomic mass is 16.7. The van der Waals surface area contributed by atoms with Gasteiger partial charge < -0.3 is 23.7 Å². The number of fused-ring (bicyclic) bond motifs is 1. The van der Waals surface area contributed by atoms with Gasteiger partial charge in [0.15, 0.2) is 17.2 Å². The number of piperazine rings is 1. The Hall–Kier alpha value is -2.58. The first-order valence-electron chi connectivity index (χ1n) is 10.6. The third kappa shape index (κ3) is 4.60. The molecule has 2 aliphatic heterocycles. The van der Waals surface area contributed by atoms with E-state index in [0.29, 0.717) is 24.2 Å². The molecule has 0 spiro atoms. The van der Waals surface area contributed by atoms with Crippen molar-refractivity contribution < 1.29 is 18.7 Å². The number of carbonyl (C=O) groups is 1. The van der Waals surface area contributed by atoms with Gasteiger partial charge in [-0.15, -0.1) is 0 Å². The standard InChI is InChI=1S/C22H30N4O4/c1-4-16(2)26(12-17-5-6-19-20(11-17)30-15-29-19)13-21-23-18(14-28-21)22(27)25-9-7-24(3)8-10-25/h5-6,11,14,16H,4,7-10,12-13,15H2,1-3H3. The summed E-state index contributed by atoms with van der Waals surface area (Å²) < 4.78 is 16.6. The summed E-state index contributed by atoms with van der Waals surface area (Å²) in [6.07, 6.45) is 2.49. The molecule has 3 heterocycles. The summed E-state index contributed by atoms with van der Waals surface area (Å²) in [7, 11) is 2.07. The molecular formula is C22H30N4O4. The van der Waals surface area contributed by atoms with Crippen molar-refractivity contribution in [3.05, 3.63) is 41.6 Å². The number of benzene rings is 1. The number of nitrogens with zero attached hydrogens (tertiary/aromatic N) is 4. The average molecular weight is 415 g/mol. The van der Waals surface area contributed by atoms with Crippen molar-refractivity contribution in [2.75, 3.05) is 40.0 Å².